The summed E-state index contributed by atoms with van der Waals surface area (Å²) in [4.78, 5) is 36.3. The molecule has 0 fully saturated rings. The SMILES string of the molecule is COc1ncc(-c2c(NNC=O)nn(Cc3ccc(C(F)(F)F)nc3)c(=O)c2-c2ccc(Cl)cc2)cn1. The van der Waals surface area contributed by atoms with Crippen molar-refractivity contribution in [3.8, 4) is 28.3 Å². The van der Waals surface area contributed by atoms with Crippen molar-refractivity contribution < 1.29 is 22.7 Å². The Labute approximate surface area is 212 Å². The number of hydrazine groups is 1. The number of ether oxygens (including phenoxy) is 1. The van der Waals surface area contributed by atoms with E-state index < -0.39 is 17.4 Å². The molecule has 3 heterocycles. The van der Waals surface area contributed by atoms with Crippen LogP contribution >= 0.6 is 11.6 Å². The van der Waals surface area contributed by atoms with E-state index in [1.807, 2.05) is 0 Å². The second-order valence-electron chi connectivity index (χ2n) is 7.46. The van der Waals surface area contributed by atoms with Crippen LogP contribution in [0.2, 0.25) is 5.02 Å². The van der Waals surface area contributed by atoms with Crippen molar-refractivity contribution in [1.82, 2.24) is 30.2 Å². The number of hydrogen-bond donors (Lipinski definition) is 2. The molecular formula is C23H17ClF3N7O3. The maximum atomic E-state index is 13.7. The van der Waals surface area contributed by atoms with E-state index in [1.165, 1.54) is 25.6 Å². The van der Waals surface area contributed by atoms with Crippen molar-refractivity contribution in [3.05, 3.63) is 81.6 Å². The molecule has 0 aliphatic heterocycles. The van der Waals surface area contributed by atoms with E-state index in [0.717, 1.165) is 16.9 Å². The van der Waals surface area contributed by atoms with Gasteiger partial charge in [0.25, 0.3) is 5.56 Å². The molecule has 37 heavy (non-hydrogen) atoms. The fraction of sp³-hybridized carbons (Fsp3) is 0.130. The highest BCUT2D eigenvalue weighted by Crippen LogP contribution is 2.34. The second-order valence-corrected chi connectivity index (χ2v) is 7.90. The lowest BCUT2D eigenvalue weighted by molar-refractivity contribution is -0.141. The Morgan fingerprint density at radius 3 is 2.27 bits per heavy atom. The van der Waals surface area contributed by atoms with E-state index >= 15 is 0 Å². The van der Waals surface area contributed by atoms with E-state index in [9.17, 15) is 22.8 Å². The van der Waals surface area contributed by atoms with Gasteiger partial charge in [-0.3, -0.25) is 25.4 Å². The summed E-state index contributed by atoms with van der Waals surface area (Å²) in [6, 6.07) is 8.53. The van der Waals surface area contributed by atoms with Crippen molar-refractivity contribution in [2.75, 3.05) is 12.5 Å². The number of carbonyl (C=O) groups excluding carboxylic acids is 1. The molecule has 0 saturated heterocycles. The first kappa shape index (κ1) is 25.6. The largest absolute Gasteiger partial charge is 0.467 e. The number of hydrogen-bond acceptors (Lipinski definition) is 8. The van der Waals surface area contributed by atoms with Crippen LogP contribution in [0.25, 0.3) is 22.3 Å². The molecule has 1 amide bonds. The zero-order valence-electron chi connectivity index (χ0n) is 19.0. The van der Waals surface area contributed by atoms with Crippen molar-refractivity contribution >= 4 is 23.8 Å². The maximum absolute atomic E-state index is 13.7. The summed E-state index contributed by atoms with van der Waals surface area (Å²) in [5, 5.41) is 4.74. The van der Waals surface area contributed by atoms with Crippen LogP contribution in [-0.4, -0.2) is 38.3 Å². The molecule has 0 saturated carbocycles. The van der Waals surface area contributed by atoms with Gasteiger partial charge in [0.2, 0.25) is 6.41 Å². The number of pyridine rings is 1. The molecule has 0 aliphatic carbocycles. The van der Waals surface area contributed by atoms with E-state index in [2.05, 4.69) is 30.9 Å². The number of carbonyl (C=O) groups is 1. The zero-order valence-corrected chi connectivity index (χ0v) is 19.7. The topological polar surface area (TPSA) is 124 Å². The van der Waals surface area contributed by atoms with Gasteiger partial charge in [-0.05, 0) is 29.3 Å². The minimum atomic E-state index is -4.60. The molecule has 0 spiro atoms. The molecule has 0 unspecified atom stereocenters. The Kier molecular flexibility index (Phi) is 7.34. The molecule has 4 rings (SSSR count). The van der Waals surface area contributed by atoms with Crippen molar-refractivity contribution in [2.45, 2.75) is 12.7 Å². The van der Waals surface area contributed by atoms with Crippen molar-refractivity contribution in [1.29, 1.82) is 0 Å². The number of methoxy groups -OCH3 is 1. The molecule has 0 aliphatic rings. The van der Waals surface area contributed by atoms with Crippen LogP contribution in [0.1, 0.15) is 11.3 Å². The lowest BCUT2D eigenvalue weighted by Gasteiger charge is -2.18. The van der Waals surface area contributed by atoms with Crippen LogP contribution in [0.4, 0.5) is 19.0 Å². The molecule has 4 aromatic rings. The number of anilines is 1. The van der Waals surface area contributed by atoms with Gasteiger partial charge in [0.1, 0.15) is 5.69 Å². The summed E-state index contributed by atoms with van der Waals surface area (Å²) in [5.41, 5.74) is 4.79. The molecule has 0 radical (unpaired) electrons. The van der Waals surface area contributed by atoms with Gasteiger partial charge >= 0.3 is 12.2 Å². The molecule has 2 N–H and O–H groups in total. The fourth-order valence-corrected chi connectivity index (χ4v) is 3.56. The average Bonchev–Trinajstić information content (AvgIpc) is 2.89. The highest BCUT2D eigenvalue weighted by atomic mass is 35.5. The van der Waals surface area contributed by atoms with Crippen LogP contribution in [0, 0.1) is 0 Å². The quantitative estimate of drug-likeness (QED) is 0.261. The monoisotopic (exact) mass is 531 g/mol. The van der Waals surface area contributed by atoms with Crippen LogP contribution < -0.4 is 21.1 Å². The van der Waals surface area contributed by atoms with Gasteiger partial charge in [0.15, 0.2) is 5.82 Å². The number of aromatic nitrogens is 5. The third-order valence-corrected chi connectivity index (χ3v) is 5.34. The molecule has 0 bridgehead atoms. The third kappa shape index (κ3) is 5.67. The first-order valence-corrected chi connectivity index (χ1v) is 10.8. The Balaban J connectivity index is 1.92. The number of alkyl halides is 3. The van der Waals surface area contributed by atoms with E-state index in [1.54, 1.807) is 24.3 Å². The van der Waals surface area contributed by atoms with E-state index in [0.29, 0.717) is 28.1 Å². The van der Waals surface area contributed by atoms with Crippen LogP contribution in [0.3, 0.4) is 0 Å². The minimum absolute atomic E-state index is 0.0466. The predicted molar refractivity (Wildman–Crippen MR) is 128 cm³/mol. The number of benzene rings is 1. The normalized spacial score (nSPS) is 11.2. The summed E-state index contributed by atoms with van der Waals surface area (Å²) in [6.07, 6.45) is -0.390. The number of halogens is 4. The van der Waals surface area contributed by atoms with Crippen molar-refractivity contribution in [2.24, 2.45) is 0 Å². The molecule has 10 nitrogen and oxygen atoms in total. The standard InChI is InChI=1S/C23H17ClF3N7O3/c1-37-22-29-9-15(10-30-22)18-19(14-3-5-16(24)6-4-14)21(36)34(33-20(18)32-31-12-35)11-13-2-7-17(28-8-13)23(25,26)27/h2-10,12H,11H2,1H3,(H,31,35)(H,32,33). The molecule has 14 heteroatoms. The summed E-state index contributed by atoms with van der Waals surface area (Å²) < 4.78 is 44.7. The van der Waals surface area contributed by atoms with Gasteiger partial charge in [-0.15, -0.1) is 5.10 Å². The van der Waals surface area contributed by atoms with Crippen LogP contribution in [-0.2, 0) is 17.5 Å². The third-order valence-electron chi connectivity index (χ3n) is 5.09. The highest BCUT2D eigenvalue weighted by Gasteiger charge is 2.32. The van der Waals surface area contributed by atoms with Gasteiger partial charge in [-0.1, -0.05) is 29.8 Å². The molecule has 190 valence electrons. The summed E-state index contributed by atoms with van der Waals surface area (Å²) in [6.45, 7) is -0.209. The first-order chi connectivity index (χ1) is 17.7. The summed E-state index contributed by atoms with van der Waals surface area (Å²) in [5.74, 6) is 0.0466. The summed E-state index contributed by atoms with van der Waals surface area (Å²) >= 11 is 6.03. The molecular weight excluding hydrogens is 515 g/mol. The Hall–Kier alpha value is -4.52. The van der Waals surface area contributed by atoms with E-state index in [-0.39, 0.29) is 29.5 Å². The zero-order chi connectivity index (χ0) is 26.6. The minimum Gasteiger partial charge on any atom is -0.467 e. The number of amides is 1. The second kappa shape index (κ2) is 10.6. The Morgan fingerprint density at radius 2 is 1.70 bits per heavy atom. The predicted octanol–water partition coefficient (Wildman–Crippen LogP) is 3.56. The van der Waals surface area contributed by atoms with Crippen molar-refractivity contribution in [3.63, 3.8) is 0 Å². The van der Waals surface area contributed by atoms with Gasteiger partial charge in [-0.2, -0.15) is 13.2 Å². The van der Waals surface area contributed by atoms with Crippen LogP contribution in [0.5, 0.6) is 6.01 Å². The first-order valence-electron chi connectivity index (χ1n) is 10.5. The number of nitrogens with zero attached hydrogens (tertiary/aromatic N) is 5. The number of rotatable bonds is 8. The molecule has 0 atom stereocenters. The highest BCUT2D eigenvalue weighted by molar-refractivity contribution is 6.30. The molecule has 3 aromatic heterocycles. The van der Waals surface area contributed by atoms with E-state index in [4.69, 9.17) is 16.3 Å². The number of nitrogens with one attached hydrogen (secondary N) is 2. The van der Waals surface area contributed by atoms with Gasteiger partial charge in [0.05, 0.1) is 19.2 Å². The maximum Gasteiger partial charge on any atom is 0.433 e. The van der Waals surface area contributed by atoms with Gasteiger partial charge < -0.3 is 4.74 Å². The lowest BCUT2D eigenvalue weighted by Crippen LogP contribution is -2.30. The van der Waals surface area contributed by atoms with Gasteiger partial charge in [-0.25, -0.2) is 14.6 Å². The lowest BCUT2D eigenvalue weighted by atomic mass is 9.98. The van der Waals surface area contributed by atoms with Gasteiger partial charge in [0, 0.05) is 34.7 Å². The average molecular weight is 532 g/mol. The summed E-state index contributed by atoms with van der Waals surface area (Å²) in [7, 11) is 1.40. The van der Waals surface area contributed by atoms with Crippen LogP contribution in [0.15, 0.2) is 59.8 Å². The fourth-order valence-electron chi connectivity index (χ4n) is 3.44. The molecule has 1 aromatic carbocycles. The smallest absolute Gasteiger partial charge is 0.433 e. The Morgan fingerprint density at radius 1 is 1.00 bits per heavy atom. The Bertz CT molecular complexity index is 1460.